The molecule has 3 heterocycles. The van der Waals surface area contributed by atoms with Crippen LogP contribution in [0.5, 0.6) is 0 Å². The smallest absolute Gasteiger partial charge is 0.225 e. The summed E-state index contributed by atoms with van der Waals surface area (Å²) in [4.78, 5) is 19.7. The first-order valence-electron chi connectivity index (χ1n) is 9.26. The van der Waals surface area contributed by atoms with E-state index in [-0.39, 0.29) is 17.9 Å². The number of piperidine rings is 1. The van der Waals surface area contributed by atoms with Crippen molar-refractivity contribution >= 4 is 5.91 Å². The van der Waals surface area contributed by atoms with Crippen LogP contribution in [-0.2, 0) is 16.1 Å². The van der Waals surface area contributed by atoms with Crippen molar-refractivity contribution in [2.75, 3.05) is 19.7 Å². The zero-order valence-electron chi connectivity index (χ0n) is 14.4. The van der Waals surface area contributed by atoms with Gasteiger partial charge in [0, 0.05) is 43.9 Å². The molecule has 1 aromatic rings. The number of rotatable bonds is 4. The third-order valence-corrected chi connectivity index (χ3v) is 5.79. The van der Waals surface area contributed by atoms with Gasteiger partial charge in [0.25, 0.3) is 0 Å². The van der Waals surface area contributed by atoms with Gasteiger partial charge >= 0.3 is 0 Å². The standard InChI is InChI=1S/C19H27N3O2/c1-13-4-2-7-15(20-13)10-22-11-17(16-8-9-24-18(16)12-22)19(23)21-14-5-3-6-14/h2,4,7,14,16-18H,3,5-6,8-12H2,1H3,(H,21,23)/t16-,17+,18+/m1/s1. The molecule has 3 atom stereocenters. The third-order valence-electron chi connectivity index (χ3n) is 5.79. The lowest BCUT2D eigenvalue weighted by Crippen LogP contribution is -2.54. The number of pyridine rings is 1. The maximum absolute atomic E-state index is 12.8. The van der Waals surface area contributed by atoms with E-state index in [1.54, 1.807) is 0 Å². The largest absolute Gasteiger partial charge is 0.377 e. The highest BCUT2D eigenvalue weighted by molar-refractivity contribution is 5.80. The molecule has 0 bridgehead atoms. The molecule has 3 fully saturated rings. The fourth-order valence-corrected chi connectivity index (χ4v) is 4.24. The summed E-state index contributed by atoms with van der Waals surface area (Å²) in [6, 6.07) is 6.55. The average molecular weight is 329 g/mol. The molecule has 2 saturated heterocycles. The highest BCUT2D eigenvalue weighted by Crippen LogP contribution is 2.34. The molecular formula is C19H27N3O2. The number of likely N-dealkylation sites (tertiary alicyclic amines) is 1. The van der Waals surface area contributed by atoms with Gasteiger partial charge in [0.1, 0.15) is 0 Å². The van der Waals surface area contributed by atoms with Crippen LogP contribution in [-0.4, -0.2) is 47.6 Å². The minimum Gasteiger partial charge on any atom is -0.377 e. The predicted octanol–water partition coefficient (Wildman–Crippen LogP) is 1.90. The number of ether oxygens (including phenoxy) is 1. The van der Waals surface area contributed by atoms with Crippen molar-refractivity contribution in [2.45, 2.75) is 51.3 Å². The zero-order valence-corrected chi connectivity index (χ0v) is 14.4. The Kier molecular flexibility index (Phi) is 4.55. The summed E-state index contributed by atoms with van der Waals surface area (Å²) >= 11 is 0. The van der Waals surface area contributed by atoms with Crippen molar-refractivity contribution in [2.24, 2.45) is 11.8 Å². The topological polar surface area (TPSA) is 54.5 Å². The Morgan fingerprint density at radius 3 is 2.96 bits per heavy atom. The molecule has 1 saturated carbocycles. The predicted molar refractivity (Wildman–Crippen MR) is 91.4 cm³/mol. The van der Waals surface area contributed by atoms with E-state index in [9.17, 15) is 4.79 Å². The van der Waals surface area contributed by atoms with Crippen LogP contribution >= 0.6 is 0 Å². The highest BCUT2D eigenvalue weighted by atomic mass is 16.5. The van der Waals surface area contributed by atoms with E-state index in [0.29, 0.717) is 12.0 Å². The Morgan fingerprint density at radius 2 is 2.21 bits per heavy atom. The van der Waals surface area contributed by atoms with Crippen LogP contribution in [0, 0.1) is 18.8 Å². The van der Waals surface area contributed by atoms with Crippen LogP contribution in [0.25, 0.3) is 0 Å². The van der Waals surface area contributed by atoms with E-state index in [4.69, 9.17) is 4.74 Å². The monoisotopic (exact) mass is 329 g/mol. The molecule has 3 aliphatic rings. The van der Waals surface area contributed by atoms with E-state index >= 15 is 0 Å². The molecule has 1 aliphatic carbocycles. The molecule has 0 aromatic carbocycles. The number of fused-ring (bicyclic) bond motifs is 1. The Labute approximate surface area is 143 Å². The van der Waals surface area contributed by atoms with Gasteiger partial charge in [-0.05, 0) is 44.7 Å². The summed E-state index contributed by atoms with van der Waals surface area (Å²) in [7, 11) is 0. The molecule has 24 heavy (non-hydrogen) atoms. The molecule has 2 aliphatic heterocycles. The van der Waals surface area contributed by atoms with Crippen LogP contribution in [0.4, 0.5) is 0 Å². The van der Waals surface area contributed by atoms with Crippen molar-refractivity contribution in [1.29, 1.82) is 0 Å². The highest BCUT2D eigenvalue weighted by Gasteiger charge is 2.44. The number of aromatic nitrogens is 1. The number of amides is 1. The molecular weight excluding hydrogens is 302 g/mol. The summed E-state index contributed by atoms with van der Waals surface area (Å²) in [5.41, 5.74) is 2.11. The van der Waals surface area contributed by atoms with E-state index in [1.165, 1.54) is 6.42 Å². The molecule has 0 radical (unpaired) electrons. The van der Waals surface area contributed by atoms with Crippen molar-refractivity contribution in [3.8, 4) is 0 Å². The van der Waals surface area contributed by atoms with E-state index in [0.717, 1.165) is 56.9 Å². The second kappa shape index (κ2) is 6.81. The van der Waals surface area contributed by atoms with Gasteiger partial charge in [-0.2, -0.15) is 0 Å². The van der Waals surface area contributed by atoms with Crippen LogP contribution in [0.2, 0.25) is 0 Å². The molecule has 5 heteroatoms. The first-order valence-corrected chi connectivity index (χ1v) is 9.26. The van der Waals surface area contributed by atoms with Gasteiger partial charge in [-0.1, -0.05) is 6.07 Å². The molecule has 0 spiro atoms. The van der Waals surface area contributed by atoms with Crippen LogP contribution in [0.15, 0.2) is 18.2 Å². The molecule has 0 unspecified atom stereocenters. The third kappa shape index (κ3) is 3.33. The van der Waals surface area contributed by atoms with Gasteiger partial charge in [-0.3, -0.25) is 14.7 Å². The number of hydrogen-bond donors (Lipinski definition) is 1. The summed E-state index contributed by atoms with van der Waals surface area (Å²) in [6.45, 7) is 5.33. The normalized spacial score (nSPS) is 30.6. The van der Waals surface area contributed by atoms with Crippen LogP contribution in [0.3, 0.4) is 0 Å². The fraction of sp³-hybridized carbons (Fsp3) is 0.684. The Morgan fingerprint density at radius 1 is 1.33 bits per heavy atom. The first-order chi connectivity index (χ1) is 11.7. The number of carbonyl (C=O) groups excluding carboxylic acids is 1. The van der Waals surface area contributed by atoms with E-state index in [2.05, 4.69) is 27.3 Å². The fourth-order valence-electron chi connectivity index (χ4n) is 4.24. The molecule has 4 rings (SSSR count). The summed E-state index contributed by atoms with van der Waals surface area (Å²) in [6.07, 6.45) is 4.74. The van der Waals surface area contributed by atoms with Gasteiger partial charge in [-0.15, -0.1) is 0 Å². The van der Waals surface area contributed by atoms with Crippen molar-refractivity contribution in [3.05, 3.63) is 29.6 Å². The first kappa shape index (κ1) is 16.0. The van der Waals surface area contributed by atoms with Crippen LogP contribution < -0.4 is 5.32 Å². The number of nitrogens with zero attached hydrogens (tertiary/aromatic N) is 2. The maximum Gasteiger partial charge on any atom is 0.225 e. The lowest BCUT2D eigenvalue weighted by atomic mass is 9.81. The Hall–Kier alpha value is -1.46. The summed E-state index contributed by atoms with van der Waals surface area (Å²) in [5.74, 6) is 0.672. The summed E-state index contributed by atoms with van der Waals surface area (Å²) in [5, 5.41) is 3.26. The second-order valence-corrected chi connectivity index (χ2v) is 7.57. The van der Waals surface area contributed by atoms with Crippen molar-refractivity contribution < 1.29 is 9.53 Å². The van der Waals surface area contributed by atoms with Gasteiger partial charge in [0.2, 0.25) is 5.91 Å². The number of hydrogen-bond acceptors (Lipinski definition) is 4. The maximum atomic E-state index is 12.8. The molecule has 1 aromatic heterocycles. The average Bonchev–Trinajstić information content (AvgIpc) is 2.98. The van der Waals surface area contributed by atoms with Crippen LogP contribution in [0.1, 0.15) is 37.1 Å². The van der Waals surface area contributed by atoms with Crippen molar-refractivity contribution in [3.63, 3.8) is 0 Å². The van der Waals surface area contributed by atoms with Gasteiger partial charge in [0.15, 0.2) is 0 Å². The molecule has 130 valence electrons. The summed E-state index contributed by atoms with van der Waals surface area (Å²) < 4.78 is 5.93. The number of nitrogens with one attached hydrogen (secondary N) is 1. The number of aryl methyl sites for hydroxylation is 1. The minimum absolute atomic E-state index is 0.0525. The molecule has 1 N–H and O–H groups in total. The van der Waals surface area contributed by atoms with E-state index < -0.39 is 0 Å². The van der Waals surface area contributed by atoms with Gasteiger partial charge in [0.05, 0.1) is 17.7 Å². The zero-order chi connectivity index (χ0) is 16.5. The van der Waals surface area contributed by atoms with Gasteiger partial charge < -0.3 is 10.1 Å². The second-order valence-electron chi connectivity index (χ2n) is 7.57. The quantitative estimate of drug-likeness (QED) is 0.917. The van der Waals surface area contributed by atoms with Gasteiger partial charge in [-0.25, -0.2) is 0 Å². The molecule has 1 amide bonds. The SMILES string of the molecule is Cc1cccc(CN2C[C@@H]3OCC[C@@H]3[C@@H](C(=O)NC3CCC3)C2)n1. The Bertz CT molecular complexity index is 602. The lowest BCUT2D eigenvalue weighted by Gasteiger charge is -2.40. The molecule has 5 nitrogen and oxygen atoms in total. The lowest BCUT2D eigenvalue weighted by molar-refractivity contribution is -0.132. The number of carbonyl (C=O) groups is 1. The Balaban J connectivity index is 1.45. The van der Waals surface area contributed by atoms with Crippen molar-refractivity contribution in [1.82, 2.24) is 15.2 Å². The minimum atomic E-state index is 0.0525. The van der Waals surface area contributed by atoms with E-state index in [1.807, 2.05) is 13.0 Å².